The molecule has 0 aromatic heterocycles. The van der Waals surface area contributed by atoms with Gasteiger partial charge in [-0.15, -0.1) is 0 Å². The van der Waals surface area contributed by atoms with Gasteiger partial charge < -0.3 is 5.11 Å². The molecule has 0 spiro atoms. The molecular formula is C19H26O2. The molecule has 0 heterocycles. The molecule has 2 nitrogen and oxygen atoms in total. The topological polar surface area (TPSA) is 37.3 Å². The average molecular weight is 286 g/mol. The van der Waals surface area contributed by atoms with Crippen LogP contribution in [0.15, 0.2) is 23.3 Å². The van der Waals surface area contributed by atoms with Crippen molar-refractivity contribution in [2.24, 2.45) is 22.7 Å². The summed E-state index contributed by atoms with van der Waals surface area (Å²) in [5, 5.41) is 10.4. The summed E-state index contributed by atoms with van der Waals surface area (Å²) >= 11 is 0. The van der Waals surface area contributed by atoms with Crippen molar-refractivity contribution in [2.45, 2.75) is 64.9 Å². The monoisotopic (exact) mass is 286 g/mol. The summed E-state index contributed by atoms with van der Waals surface area (Å²) in [6, 6.07) is 0. The number of fused-ring (bicyclic) bond motifs is 5. The Morgan fingerprint density at radius 3 is 2.76 bits per heavy atom. The summed E-state index contributed by atoms with van der Waals surface area (Å²) in [4.78, 5) is 11.8. The van der Waals surface area contributed by atoms with Crippen LogP contribution in [0.1, 0.15) is 58.8 Å². The van der Waals surface area contributed by atoms with E-state index < -0.39 is 0 Å². The highest BCUT2D eigenvalue weighted by Crippen LogP contribution is 2.63. The molecule has 5 atom stereocenters. The Kier molecular flexibility index (Phi) is 2.83. The van der Waals surface area contributed by atoms with Gasteiger partial charge in [0.15, 0.2) is 5.78 Å². The van der Waals surface area contributed by atoms with E-state index in [2.05, 4.69) is 19.9 Å². The van der Waals surface area contributed by atoms with E-state index in [-0.39, 0.29) is 16.9 Å². The lowest BCUT2D eigenvalue weighted by molar-refractivity contribution is -0.116. The van der Waals surface area contributed by atoms with Crippen molar-refractivity contribution in [3.63, 3.8) is 0 Å². The Morgan fingerprint density at radius 1 is 1.14 bits per heavy atom. The van der Waals surface area contributed by atoms with Gasteiger partial charge >= 0.3 is 0 Å². The molecule has 21 heavy (non-hydrogen) atoms. The van der Waals surface area contributed by atoms with E-state index in [1.807, 2.05) is 6.08 Å². The van der Waals surface area contributed by atoms with E-state index in [0.717, 1.165) is 32.1 Å². The van der Waals surface area contributed by atoms with Gasteiger partial charge in [0, 0.05) is 11.8 Å². The third-order valence-corrected chi connectivity index (χ3v) is 7.32. The van der Waals surface area contributed by atoms with Crippen LogP contribution in [0.2, 0.25) is 0 Å². The van der Waals surface area contributed by atoms with E-state index in [1.165, 1.54) is 18.4 Å². The second kappa shape index (κ2) is 4.32. The second-order valence-corrected chi connectivity index (χ2v) is 8.17. The highest BCUT2D eigenvalue weighted by molar-refractivity contribution is 5.91. The third-order valence-electron chi connectivity index (χ3n) is 7.32. The molecule has 0 bridgehead atoms. The summed E-state index contributed by atoms with van der Waals surface area (Å²) in [5.41, 5.74) is 3.22. The highest BCUT2D eigenvalue weighted by Gasteiger charge is 2.55. The second-order valence-electron chi connectivity index (χ2n) is 8.17. The Balaban J connectivity index is 1.72. The average Bonchev–Trinajstić information content (AvgIpc) is 2.76. The number of hydrogen-bond acceptors (Lipinski definition) is 2. The summed E-state index contributed by atoms with van der Waals surface area (Å²) in [7, 11) is 0. The number of aliphatic hydroxyl groups excluding tert-OH is 1. The van der Waals surface area contributed by atoms with E-state index in [0.29, 0.717) is 17.6 Å². The number of hydrogen-bond donors (Lipinski definition) is 1. The zero-order valence-corrected chi connectivity index (χ0v) is 13.2. The first kappa shape index (κ1) is 13.8. The Bertz CT molecular complexity index is 558. The largest absolute Gasteiger partial charge is 0.392 e. The predicted octanol–water partition coefficient (Wildman–Crippen LogP) is 3.80. The molecule has 0 amide bonds. The first-order valence-electron chi connectivity index (χ1n) is 8.57. The molecule has 114 valence electrons. The van der Waals surface area contributed by atoms with Gasteiger partial charge in [0.1, 0.15) is 0 Å². The number of aliphatic hydroxyl groups is 1. The zero-order valence-electron chi connectivity index (χ0n) is 13.2. The van der Waals surface area contributed by atoms with Crippen molar-refractivity contribution in [3.05, 3.63) is 23.3 Å². The summed E-state index contributed by atoms with van der Waals surface area (Å²) < 4.78 is 0. The highest BCUT2D eigenvalue weighted by atomic mass is 16.3. The van der Waals surface area contributed by atoms with Gasteiger partial charge in [-0.3, -0.25) is 4.79 Å². The number of rotatable bonds is 0. The van der Waals surface area contributed by atoms with Crippen LogP contribution in [0.25, 0.3) is 0 Å². The van der Waals surface area contributed by atoms with Gasteiger partial charge in [-0.1, -0.05) is 31.1 Å². The van der Waals surface area contributed by atoms with Crippen molar-refractivity contribution < 1.29 is 9.90 Å². The van der Waals surface area contributed by atoms with E-state index >= 15 is 0 Å². The smallest absolute Gasteiger partial charge is 0.155 e. The lowest BCUT2D eigenvalue weighted by Gasteiger charge is -2.56. The van der Waals surface area contributed by atoms with Crippen molar-refractivity contribution in [1.29, 1.82) is 0 Å². The minimum atomic E-state index is -0.175. The van der Waals surface area contributed by atoms with Crippen LogP contribution in [-0.4, -0.2) is 17.0 Å². The van der Waals surface area contributed by atoms with E-state index in [9.17, 15) is 9.90 Å². The van der Waals surface area contributed by atoms with Crippen molar-refractivity contribution in [1.82, 2.24) is 0 Å². The van der Waals surface area contributed by atoms with Crippen LogP contribution in [0.3, 0.4) is 0 Å². The lowest BCUT2D eigenvalue weighted by Crippen LogP contribution is -2.48. The van der Waals surface area contributed by atoms with Crippen molar-refractivity contribution in [2.75, 3.05) is 0 Å². The van der Waals surface area contributed by atoms with Gasteiger partial charge in [0.05, 0.1) is 6.10 Å². The molecule has 0 aromatic rings. The van der Waals surface area contributed by atoms with Crippen LogP contribution >= 0.6 is 0 Å². The maximum Gasteiger partial charge on any atom is 0.155 e. The molecule has 0 unspecified atom stereocenters. The number of carbonyl (C=O) groups is 1. The molecule has 1 N–H and O–H groups in total. The molecule has 0 aromatic carbocycles. The van der Waals surface area contributed by atoms with Crippen molar-refractivity contribution in [3.8, 4) is 0 Å². The maximum atomic E-state index is 11.8. The minimum absolute atomic E-state index is 0.0310. The molecule has 4 rings (SSSR count). The summed E-state index contributed by atoms with van der Waals surface area (Å²) in [6.45, 7) is 4.67. The summed E-state index contributed by atoms with van der Waals surface area (Å²) in [6.07, 6.45) is 11.3. The fraction of sp³-hybridized carbons (Fsp3) is 0.737. The SMILES string of the molecule is C[C@]12CC[C@H]3[C@@H](CCC4=CC(=O)CC[C@@]43C)C1=CC[C@H]2O. The predicted molar refractivity (Wildman–Crippen MR) is 82.7 cm³/mol. The van der Waals surface area contributed by atoms with Crippen LogP contribution in [0, 0.1) is 22.7 Å². The van der Waals surface area contributed by atoms with Gasteiger partial charge in [-0.05, 0) is 61.9 Å². The number of ketones is 1. The van der Waals surface area contributed by atoms with Gasteiger partial charge in [0.25, 0.3) is 0 Å². The first-order chi connectivity index (χ1) is 9.95. The van der Waals surface area contributed by atoms with E-state index in [4.69, 9.17) is 0 Å². The Morgan fingerprint density at radius 2 is 1.95 bits per heavy atom. The third kappa shape index (κ3) is 1.72. The summed E-state index contributed by atoms with van der Waals surface area (Å²) in [5.74, 6) is 1.64. The molecule has 2 fully saturated rings. The molecule has 0 saturated heterocycles. The zero-order chi connectivity index (χ0) is 14.8. The Labute approximate surface area is 127 Å². The van der Waals surface area contributed by atoms with E-state index in [1.54, 1.807) is 5.57 Å². The van der Waals surface area contributed by atoms with Crippen molar-refractivity contribution >= 4 is 5.78 Å². The molecule has 0 radical (unpaired) electrons. The fourth-order valence-corrected chi connectivity index (χ4v) is 5.87. The normalized spacial score (nSPS) is 48.9. The fourth-order valence-electron chi connectivity index (χ4n) is 5.87. The molecule has 2 saturated carbocycles. The number of allylic oxidation sites excluding steroid dienone is 2. The molecule has 0 aliphatic heterocycles. The molecular weight excluding hydrogens is 260 g/mol. The first-order valence-corrected chi connectivity index (χ1v) is 8.57. The van der Waals surface area contributed by atoms with Crippen LogP contribution < -0.4 is 0 Å². The van der Waals surface area contributed by atoms with Crippen LogP contribution in [0.4, 0.5) is 0 Å². The minimum Gasteiger partial charge on any atom is -0.392 e. The molecule has 4 aliphatic carbocycles. The van der Waals surface area contributed by atoms with Gasteiger partial charge in [0.2, 0.25) is 0 Å². The quantitative estimate of drug-likeness (QED) is 0.688. The lowest BCUT2D eigenvalue weighted by atomic mass is 9.49. The number of carbonyl (C=O) groups excluding carboxylic acids is 1. The van der Waals surface area contributed by atoms with Crippen LogP contribution in [-0.2, 0) is 4.79 Å². The van der Waals surface area contributed by atoms with Gasteiger partial charge in [-0.25, -0.2) is 0 Å². The molecule has 4 aliphatic rings. The maximum absolute atomic E-state index is 11.8. The Hall–Kier alpha value is -0.890. The van der Waals surface area contributed by atoms with Crippen LogP contribution in [0.5, 0.6) is 0 Å². The molecule has 2 heteroatoms. The van der Waals surface area contributed by atoms with Gasteiger partial charge in [-0.2, -0.15) is 0 Å². The standard InChI is InChI=1S/C19H26O2/c1-18-9-7-13(20)11-12(18)3-4-14-15-5-6-17(21)19(15,2)10-8-16(14)18/h5,11,14,16-17,21H,3-4,6-10H2,1-2H3/t14-,16-,17+,18-,19-/m0/s1.